The van der Waals surface area contributed by atoms with Gasteiger partial charge >= 0.3 is 5.97 Å². The van der Waals surface area contributed by atoms with Crippen molar-refractivity contribution in [3.63, 3.8) is 0 Å². The van der Waals surface area contributed by atoms with Crippen molar-refractivity contribution >= 4 is 40.6 Å². The van der Waals surface area contributed by atoms with E-state index >= 15 is 0 Å². The van der Waals surface area contributed by atoms with Crippen LogP contribution in [0.5, 0.6) is 11.5 Å². The summed E-state index contributed by atoms with van der Waals surface area (Å²) < 4.78 is 6.00. The third-order valence-electron chi connectivity index (χ3n) is 4.40. The van der Waals surface area contributed by atoms with Gasteiger partial charge in [-0.3, -0.25) is 9.59 Å². The van der Waals surface area contributed by atoms with Crippen molar-refractivity contribution in [3.8, 4) is 11.5 Å². The summed E-state index contributed by atoms with van der Waals surface area (Å²) in [4.78, 5) is 23.5. The molecule has 0 bridgehead atoms. The molecule has 3 aromatic rings. The highest BCUT2D eigenvalue weighted by Crippen LogP contribution is 2.41. The van der Waals surface area contributed by atoms with Crippen LogP contribution in [0.3, 0.4) is 0 Å². The van der Waals surface area contributed by atoms with Crippen molar-refractivity contribution in [2.75, 3.05) is 11.9 Å². The molecule has 3 aromatic carbocycles. The van der Waals surface area contributed by atoms with E-state index in [2.05, 4.69) is 5.32 Å². The molecular formula is C23H19Cl2NO4. The van der Waals surface area contributed by atoms with Gasteiger partial charge in [-0.15, -0.1) is 0 Å². The highest BCUT2D eigenvalue weighted by atomic mass is 35.5. The summed E-state index contributed by atoms with van der Waals surface area (Å²) in [6, 6.07) is 15.7. The average Bonchev–Trinajstić information content (AvgIpc) is 2.70. The number of anilines is 1. The molecule has 0 amide bonds. The van der Waals surface area contributed by atoms with Gasteiger partial charge in [0.05, 0.1) is 10.0 Å². The number of hydrogen-bond acceptors (Lipinski definition) is 4. The van der Waals surface area contributed by atoms with Gasteiger partial charge in [0.25, 0.3) is 0 Å². The molecular weight excluding hydrogens is 425 g/mol. The first-order valence-electron chi connectivity index (χ1n) is 9.10. The molecule has 3 rings (SSSR count). The van der Waals surface area contributed by atoms with Gasteiger partial charge in [-0.05, 0) is 49.2 Å². The maximum Gasteiger partial charge on any atom is 0.322 e. The molecule has 30 heavy (non-hydrogen) atoms. The lowest BCUT2D eigenvalue weighted by atomic mass is 9.98. The average molecular weight is 444 g/mol. The summed E-state index contributed by atoms with van der Waals surface area (Å²) in [5.41, 5.74) is 3.16. The van der Waals surface area contributed by atoms with Crippen LogP contribution >= 0.6 is 23.2 Å². The van der Waals surface area contributed by atoms with Gasteiger partial charge in [0.2, 0.25) is 0 Å². The Hall–Kier alpha value is -3.02. The van der Waals surface area contributed by atoms with Crippen LogP contribution in [-0.4, -0.2) is 23.4 Å². The molecule has 2 N–H and O–H groups in total. The van der Waals surface area contributed by atoms with Crippen molar-refractivity contribution in [1.82, 2.24) is 0 Å². The maximum absolute atomic E-state index is 12.7. The predicted octanol–water partition coefficient (Wildman–Crippen LogP) is 6.13. The number of aryl methyl sites for hydroxylation is 2. The molecule has 5 nitrogen and oxygen atoms in total. The van der Waals surface area contributed by atoms with Gasteiger partial charge in [-0.25, -0.2) is 0 Å². The first-order valence-corrected chi connectivity index (χ1v) is 9.85. The molecule has 154 valence electrons. The molecule has 0 radical (unpaired) electrons. The molecule has 0 unspecified atom stereocenters. The lowest BCUT2D eigenvalue weighted by Crippen LogP contribution is -2.12. The van der Waals surface area contributed by atoms with E-state index in [1.807, 2.05) is 32.0 Å². The second kappa shape index (κ2) is 9.20. The number of ketones is 1. The number of carbonyl (C=O) groups is 2. The van der Waals surface area contributed by atoms with Crippen LogP contribution in [0.4, 0.5) is 5.69 Å². The van der Waals surface area contributed by atoms with Crippen LogP contribution in [0.25, 0.3) is 0 Å². The number of hydrogen-bond donors (Lipinski definition) is 2. The van der Waals surface area contributed by atoms with Gasteiger partial charge in [0.1, 0.15) is 12.3 Å². The molecule has 7 heteroatoms. The number of carbonyl (C=O) groups excluding carboxylic acids is 1. The number of benzene rings is 3. The van der Waals surface area contributed by atoms with Crippen molar-refractivity contribution in [3.05, 3.63) is 86.9 Å². The fourth-order valence-electron chi connectivity index (χ4n) is 3.04. The molecule has 0 saturated carbocycles. The van der Waals surface area contributed by atoms with Crippen LogP contribution in [-0.2, 0) is 4.79 Å². The van der Waals surface area contributed by atoms with E-state index in [0.717, 1.165) is 11.1 Å². The third kappa shape index (κ3) is 4.93. The van der Waals surface area contributed by atoms with Crippen LogP contribution in [0, 0.1) is 13.8 Å². The Kier molecular flexibility index (Phi) is 6.65. The van der Waals surface area contributed by atoms with Crippen molar-refractivity contribution < 1.29 is 19.4 Å². The fraction of sp³-hybridized carbons (Fsp3) is 0.130. The molecule has 0 saturated heterocycles. The van der Waals surface area contributed by atoms with Gasteiger partial charge in [0, 0.05) is 16.8 Å². The summed E-state index contributed by atoms with van der Waals surface area (Å²) in [5, 5.41) is 12.0. The second-order valence-electron chi connectivity index (χ2n) is 6.75. The van der Waals surface area contributed by atoms with Crippen LogP contribution in [0.15, 0.2) is 54.6 Å². The predicted molar refractivity (Wildman–Crippen MR) is 118 cm³/mol. The Balaban J connectivity index is 1.89. The van der Waals surface area contributed by atoms with E-state index in [-0.39, 0.29) is 28.1 Å². The quantitative estimate of drug-likeness (QED) is 0.429. The Bertz CT molecular complexity index is 1070. The van der Waals surface area contributed by atoms with Crippen molar-refractivity contribution in [1.29, 1.82) is 0 Å². The Morgan fingerprint density at radius 2 is 1.47 bits per heavy atom. The minimum absolute atomic E-state index is 0.0710. The lowest BCUT2D eigenvalue weighted by molar-refractivity contribution is -0.134. The van der Waals surface area contributed by atoms with Crippen LogP contribution in [0.1, 0.15) is 27.0 Å². The van der Waals surface area contributed by atoms with Gasteiger partial charge in [-0.2, -0.15) is 0 Å². The highest BCUT2D eigenvalue weighted by Gasteiger charge is 2.17. The van der Waals surface area contributed by atoms with Crippen molar-refractivity contribution in [2.24, 2.45) is 0 Å². The number of halogens is 2. The highest BCUT2D eigenvalue weighted by molar-refractivity contribution is 6.37. The normalized spacial score (nSPS) is 10.5. The first kappa shape index (κ1) is 21.7. The first-order chi connectivity index (χ1) is 14.3. The van der Waals surface area contributed by atoms with E-state index < -0.39 is 5.97 Å². The Labute approximate surface area is 184 Å². The molecule has 0 aliphatic rings. The van der Waals surface area contributed by atoms with Crippen molar-refractivity contribution in [2.45, 2.75) is 13.8 Å². The van der Waals surface area contributed by atoms with Gasteiger partial charge in [-0.1, -0.05) is 53.5 Å². The Morgan fingerprint density at radius 1 is 0.900 bits per heavy atom. The smallest absolute Gasteiger partial charge is 0.322 e. The molecule has 0 heterocycles. The van der Waals surface area contributed by atoms with Crippen LogP contribution < -0.4 is 10.1 Å². The van der Waals surface area contributed by atoms with Gasteiger partial charge in [0.15, 0.2) is 11.5 Å². The maximum atomic E-state index is 12.7. The van der Waals surface area contributed by atoms with E-state index in [0.29, 0.717) is 22.6 Å². The molecule has 0 aliphatic carbocycles. The number of rotatable bonds is 7. The lowest BCUT2D eigenvalue weighted by Gasteiger charge is -2.16. The number of aliphatic carboxylic acids is 1. The minimum atomic E-state index is -1.00. The minimum Gasteiger partial charge on any atom is -0.480 e. The summed E-state index contributed by atoms with van der Waals surface area (Å²) in [6.45, 7) is 3.42. The van der Waals surface area contributed by atoms with E-state index in [9.17, 15) is 9.59 Å². The topological polar surface area (TPSA) is 75.6 Å². The zero-order valence-corrected chi connectivity index (χ0v) is 17.8. The van der Waals surface area contributed by atoms with Gasteiger partial charge < -0.3 is 15.2 Å². The standard InChI is InChI=1S/C23H19Cl2NO4/c1-13-8-16(21(29)15-6-4-3-5-7-15)9-14(2)22(13)30-23-18(24)10-17(11-19(23)25)26-12-20(27)28/h3-11,26H,12H2,1-2H3,(H,27,28). The Morgan fingerprint density at radius 3 is 2.00 bits per heavy atom. The number of carboxylic acids is 1. The van der Waals surface area contributed by atoms with E-state index in [4.69, 9.17) is 33.0 Å². The second-order valence-corrected chi connectivity index (χ2v) is 7.57. The zero-order chi connectivity index (χ0) is 21.8. The largest absolute Gasteiger partial charge is 0.480 e. The van der Waals surface area contributed by atoms with E-state index in [1.54, 1.807) is 36.4 Å². The number of nitrogens with one attached hydrogen (secondary N) is 1. The SMILES string of the molecule is Cc1cc(C(=O)c2ccccc2)cc(C)c1Oc1c(Cl)cc(NCC(=O)O)cc1Cl. The van der Waals surface area contributed by atoms with E-state index in [1.165, 1.54) is 0 Å². The summed E-state index contributed by atoms with van der Waals surface area (Å²) >= 11 is 12.6. The summed E-state index contributed by atoms with van der Waals surface area (Å²) in [7, 11) is 0. The monoisotopic (exact) mass is 443 g/mol. The molecule has 0 aromatic heterocycles. The summed E-state index contributed by atoms with van der Waals surface area (Å²) in [6.07, 6.45) is 0. The summed E-state index contributed by atoms with van der Waals surface area (Å²) in [5.74, 6) is -0.264. The molecule has 0 aliphatic heterocycles. The fourth-order valence-corrected chi connectivity index (χ4v) is 3.60. The molecule has 0 spiro atoms. The number of carboxylic acid groups (broad SMARTS) is 1. The number of ether oxygens (including phenoxy) is 1. The zero-order valence-electron chi connectivity index (χ0n) is 16.3. The third-order valence-corrected chi connectivity index (χ3v) is 4.97. The molecule has 0 atom stereocenters. The van der Waals surface area contributed by atoms with Crippen LogP contribution in [0.2, 0.25) is 10.0 Å². The molecule has 0 fully saturated rings.